The molecular weight excluding hydrogens is 419 g/mol. The Morgan fingerprint density at radius 1 is 1.34 bits per heavy atom. The largest absolute Gasteiger partial charge is 0.383 e. The zero-order valence-corrected chi connectivity index (χ0v) is 17.6. The van der Waals surface area contributed by atoms with Crippen molar-refractivity contribution >= 4 is 16.6 Å². The Balaban J connectivity index is 1.83. The number of fused-ring (bicyclic) bond motifs is 3. The lowest BCUT2D eigenvalue weighted by molar-refractivity contribution is 0.0492. The summed E-state index contributed by atoms with van der Waals surface area (Å²) in [6.45, 7) is 1.93. The second kappa shape index (κ2) is 7.22. The summed E-state index contributed by atoms with van der Waals surface area (Å²) in [5, 5.41) is 13.6. The molecule has 1 fully saturated rings. The van der Waals surface area contributed by atoms with E-state index in [1.807, 2.05) is 6.07 Å². The average molecular weight is 438 g/mol. The third-order valence-electron chi connectivity index (χ3n) is 5.88. The zero-order chi connectivity index (χ0) is 22.6. The summed E-state index contributed by atoms with van der Waals surface area (Å²) in [4.78, 5) is 22.5. The number of nitriles is 1. The van der Waals surface area contributed by atoms with Crippen molar-refractivity contribution in [2.24, 2.45) is 0 Å². The van der Waals surface area contributed by atoms with Crippen molar-refractivity contribution in [3.8, 4) is 17.6 Å². The summed E-state index contributed by atoms with van der Waals surface area (Å²) < 4.78 is 33.4. The Bertz CT molecular complexity index is 1460. The summed E-state index contributed by atoms with van der Waals surface area (Å²) in [6, 6.07) is 4.09. The van der Waals surface area contributed by atoms with E-state index in [1.165, 1.54) is 34.5 Å². The summed E-state index contributed by atoms with van der Waals surface area (Å²) in [7, 11) is 3.08. The fourth-order valence-corrected chi connectivity index (χ4v) is 4.07. The maximum atomic E-state index is 14.5. The Morgan fingerprint density at radius 2 is 2.12 bits per heavy atom. The number of aromatic nitrogens is 5. The van der Waals surface area contributed by atoms with E-state index in [2.05, 4.69) is 15.1 Å². The van der Waals surface area contributed by atoms with Crippen LogP contribution in [0.2, 0.25) is 0 Å². The number of hydrogen-bond acceptors (Lipinski definition) is 8. The van der Waals surface area contributed by atoms with Crippen LogP contribution in [-0.4, -0.2) is 44.9 Å². The van der Waals surface area contributed by atoms with Crippen LogP contribution in [0.5, 0.6) is 0 Å². The minimum absolute atomic E-state index is 0.149. The second-order valence-corrected chi connectivity index (χ2v) is 7.81. The molecule has 3 aromatic heterocycles. The van der Waals surface area contributed by atoms with Gasteiger partial charge in [-0.15, -0.1) is 0 Å². The highest BCUT2D eigenvalue weighted by Gasteiger charge is 2.50. The average Bonchev–Trinajstić information content (AvgIpc) is 3.20. The van der Waals surface area contributed by atoms with Crippen molar-refractivity contribution in [3.63, 3.8) is 0 Å². The van der Waals surface area contributed by atoms with Gasteiger partial charge in [0, 0.05) is 14.2 Å². The van der Waals surface area contributed by atoms with Gasteiger partial charge in [-0.05, 0) is 31.9 Å². The van der Waals surface area contributed by atoms with Gasteiger partial charge in [-0.25, -0.2) is 9.37 Å². The lowest BCUT2D eigenvalue weighted by Crippen LogP contribution is -2.28. The molecule has 0 spiro atoms. The molecule has 1 aromatic carbocycles. The summed E-state index contributed by atoms with van der Waals surface area (Å²) >= 11 is 0. The number of methoxy groups -OCH3 is 2. The summed E-state index contributed by atoms with van der Waals surface area (Å²) in [6.07, 6.45) is 2.96. The molecular formula is C21H19FN6O4. The molecule has 0 saturated heterocycles. The number of rotatable bonds is 6. The van der Waals surface area contributed by atoms with E-state index >= 15 is 0 Å². The van der Waals surface area contributed by atoms with Gasteiger partial charge in [0.25, 0.3) is 11.4 Å². The van der Waals surface area contributed by atoms with Crippen LogP contribution in [0.1, 0.15) is 37.3 Å². The minimum Gasteiger partial charge on any atom is -0.383 e. The van der Waals surface area contributed by atoms with Gasteiger partial charge >= 0.3 is 0 Å². The smallest absolute Gasteiger partial charge is 0.278 e. The highest BCUT2D eigenvalue weighted by Crippen LogP contribution is 2.48. The van der Waals surface area contributed by atoms with Gasteiger partial charge in [-0.2, -0.15) is 10.2 Å². The second-order valence-electron chi connectivity index (χ2n) is 7.81. The lowest BCUT2D eigenvalue weighted by atomic mass is 10.1. The fraction of sp³-hybridized carbons (Fsp3) is 0.381. The van der Waals surface area contributed by atoms with E-state index in [4.69, 9.17) is 14.0 Å². The minimum atomic E-state index is -0.713. The standard InChI is InChI=1S/C21H19FN6O4/c1-11(9-30-2)28-16-12(8-23)13(22)4-5-14(16)27-10-24-15(17(27)19(28)29)18-25-20(32-26-18)21(31-3)6-7-21/h4-5,10-11H,6-7,9H2,1-3H3. The topological polar surface area (TPSA) is 120 Å². The van der Waals surface area contributed by atoms with E-state index < -0.39 is 23.0 Å². The number of nitrogens with zero attached hydrogens (tertiary/aromatic N) is 6. The van der Waals surface area contributed by atoms with Crippen LogP contribution in [0.25, 0.3) is 28.1 Å². The van der Waals surface area contributed by atoms with Gasteiger partial charge in [-0.3, -0.25) is 13.8 Å². The van der Waals surface area contributed by atoms with Crippen molar-refractivity contribution in [1.29, 1.82) is 5.26 Å². The summed E-state index contributed by atoms with van der Waals surface area (Å²) in [5.41, 5.74) is -0.263. The Kier molecular flexibility index (Phi) is 4.58. The zero-order valence-electron chi connectivity index (χ0n) is 17.6. The molecule has 164 valence electrons. The van der Waals surface area contributed by atoms with Crippen LogP contribution in [-0.2, 0) is 15.1 Å². The molecule has 11 heteroatoms. The third-order valence-corrected chi connectivity index (χ3v) is 5.88. The van der Waals surface area contributed by atoms with E-state index in [0.29, 0.717) is 11.4 Å². The van der Waals surface area contributed by atoms with Gasteiger partial charge in [0.05, 0.1) is 23.7 Å². The van der Waals surface area contributed by atoms with Crippen molar-refractivity contribution < 1.29 is 18.4 Å². The number of hydrogen-bond donors (Lipinski definition) is 0. The number of halogens is 1. The highest BCUT2D eigenvalue weighted by atomic mass is 19.1. The normalized spacial score (nSPS) is 15.8. The molecule has 1 unspecified atom stereocenters. The first-order valence-corrected chi connectivity index (χ1v) is 9.98. The number of benzene rings is 1. The monoisotopic (exact) mass is 438 g/mol. The maximum absolute atomic E-state index is 14.5. The van der Waals surface area contributed by atoms with Gasteiger partial charge in [0.1, 0.15) is 40.6 Å². The molecule has 1 atom stereocenters. The molecule has 1 aliphatic carbocycles. The van der Waals surface area contributed by atoms with E-state index in [9.17, 15) is 14.4 Å². The molecule has 0 aliphatic heterocycles. The Labute approximate surface area is 180 Å². The molecule has 0 amide bonds. The molecule has 0 radical (unpaired) electrons. The molecule has 4 aromatic rings. The molecule has 32 heavy (non-hydrogen) atoms. The molecule has 0 bridgehead atoms. The van der Waals surface area contributed by atoms with E-state index in [-0.39, 0.29) is 34.7 Å². The Hall–Kier alpha value is -3.62. The molecule has 1 saturated carbocycles. The lowest BCUT2D eigenvalue weighted by Gasteiger charge is -2.19. The van der Waals surface area contributed by atoms with Crippen molar-refractivity contribution in [1.82, 2.24) is 24.1 Å². The molecule has 1 aliphatic rings. The maximum Gasteiger partial charge on any atom is 0.278 e. The summed E-state index contributed by atoms with van der Waals surface area (Å²) in [5.74, 6) is -0.232. The van der Waals surface area contributed by atoms with Crippen LogP contribution >= 0.6 is 0 Å². The predicted octanol–water partition coefficient (Wildman–Crippen LogP) is 2.55. The van der Waals surface area contributed by atoms with Crippen LogP contribution in [0.3, 0.4) is 0 Å². The highest BCUT2D eigenvalue weighted by molar-refractivity contribution is 5.87. The Morgan fingerprint density at radius 3 is 2.78 bits per heavy atom. The SMILES string of the molecule is COCC(C)n1c(=O)c2c(-c3noc(C4(OC)CC4)n3)ncn2c2ccc(F)c(C#N)c21. The van der Waals surface area contributed by atoms with Gasteiger partial charge < -0.3 is 14.0 Å². The third kappa shape index (κ3) is 2.77. The first kappa shape index (κ1) is 20.3. The van der Waals surface area contributed by atoms with Gasteiger partial charge in [0.2, 0.25) is 5.82 Å². The van der Waals surface area contributed by atoms with Crippen molar-refractivity contribution in [3.05, 3.63) is 46.1 Å². The quantitative estimate of drug-likeness (QED) is 0.450. The van der Waals surface area contributed by atoms with Crippen molar-refractivity contribution in [2.45, 2.75) is 31.4 Å². The number of imidazole rings is 1. The van der Waals surface area contributed by atoms with Gasteiger partial charge in [0.15, 0.2) is 0 Å². The van der Waals surface area contributed by atoms with Crippen LogP contribution in [0.15, 0.2) is 27.8 Å². The van der Waals surface area contributed by atoms with E-state index in [1.54, 1.807) is 14.0 Å². The van der Waals surface area contributed by atoms with Crippen molar-refractivity contribution in [2.75, 3.05) is 20.8 Å². The molecule has 5 rings (SSSR count). The molecule has 10 nitrogen and oxygen atoms in total. The van der Waals surface area contributed by atoms with Gasteiger partial charge in [-0.1, -0.05) is 5.16 Å². The van der Waals surface area contributed by atoms with Crippen LogP contribution in [0, 0.1) is 17.1 Å². The molecule has 0 N–H and O–H groups in total. The first-order chi connectivity index (χ1) is 15.5. The van der Waals surface area contributed by atoms with E-state index in [0.717, 1.165) is 12.8 Å². The van der Waals surface area contributed by atoms with Crippen LogP contribution < -0.4 is 5.56 Å². The fourth-order valence-electron chi connectivity index (χ4n) is 4.07. The van der Waals surface area contributed by atoms with Crippen LogP contribution in [0.4, 0.5) is 4.39 Å². The first-order valence-electron chi connectivity index (χ1n) is 9.98. The molecule has 3 heterocycles. The predicted molar refractivity (Wildman–Crippen MR) is 109 cm³/mol. The number of ether oxygens (including phenoxy) is 2.